The number of benzene rings is 1. The normalized spacial score (nSPS) is 25.4. The first-order valence-corrected chi connectivity index (χ1v) is 9.72. The van der Waals surface area contributed by atoms with Crippen molar-refractivity contribution >= 4 is 5.71 Å². The number of hydrogen-bond donors (Lipinski definition) is 3. The third kappa shape index (κ3) is 4.02. The minimum atomic E-state index is -0.576. The molecule has 0 bridgehead atoms. The van der Waals surface area contributed by atoms with Crippen molar-refractivity contribution < 1.29 is 8.78 Å². The van der Waals surface area contributed by atoms with Crippen LogP contribution in [0.25, 0.3) is 0 Å². The second-order valence-electron chi connectivity index (χ2n) is 8.07. The lowest BCUT2D eigenvalue weighted by atomic mass is 9.76. The van der Waals surface area contributed by atoms with E-state index in [4.69, 9.17) is 10.7 Å². The first-order valence-electron chi connectivity index (χ1n) is 9.72. The number of likely N-dealkylation sites (tertiary alicyclic amines) is 1. The standard InChI is InChI=1S/C22H23F2N5/c1-22(20(26)19-21(28-19)27-17-6-9-29(12-17)13-25)7-4-14(5-8-22)10-15-2-3-16(23)11-18(15)24/h2-5,7,11,17,26-28H,6,8-10,12H2,1H3. The van der Waals surface area contributed by atoms with Gasteiger partial charge in [-0.1, -0.05) is 31.2 Å². The highest BCUT2D eigenvalue weighted by Gasteiger charge is 2.38. The van der Waals surface area contributed by atoms with E-state index in [0.29, 0.717) is 30.7 Å². The zero-order valence-corrected chi connectivity index (χ0v) is 16.2. The summed E-state index contributed by atoms with van der Waals surface area (Å²) < 4.78 is 27.0. The lowest BCUT2D eigenvalue weighted by Crippen LogP contribution is -2.29. The topological polar surface area (TPSA) is 84.9 Å². The summed E-state index contributed by atoms with van der Waals surface area (Å²) in [7, 11) is 0. The molecule has 1 saturated heterocycles. The second kappa shape index (κ2) is 7.36. The van der Waals surface area contributed by atoms with Gasteiger partial charge in [0.05, 0.1) is 5.71 Å². The predicted octanol–water partition coefficient (Wildman–Crippen LogP) is 3.34. The summed E-state index contributed by atoms with van der Waals surface area (Å²) in [6.07, 6.45) is 10.1. The number of nitriles is 1. The van der Waals surface area contributed by atoms with Crippen molar-refractivity contribution in [3.8, 4) is 6.19 Å². The molecule has 1 aliphatic carbocycles. The molecule has 4 rings (SSSR count). The van der Waals surface area contributed by atoms with Crippen molar-refractivity contribution in [3.63, 3.8) is 0 Å². The predicted molar refractivity (Wildman–Crippen MR) is 107 cm³/mol. The van der Waals surface area contributed by atoms with Crippen molar-refractivity contribution in [1.29, 1.82) is 10.7 Å². The lowest BCUT2D eigenvalue weighted by molar-refractivity contribution is 0.467. The van der Waals surface area contributed by atoms with Gasteiger partial charge >= 0.3 is 0 Å². The molecule has 5 nitrogen and oxygen atoms in total. The number of rotatable bonds is 6. The van der Waals surface area contributed by atoms with Crippen LogP contribution in [0.3, 0.4) is 0 Å². The van der Waals surface area contributed by atoms with E-state index in [2.05, 4.69) is 16.8 Å². The van der Waals surface area contributed by atoms with E-state index in [9.17, 15) is 8.78 Å². The van der Waals surface area contributed by atoms with Crippen molar-refractivity contribution in [2.24, 2.45) is 5.41 Å². The average molecular weight is 395 g/mol. The Labute approximate surface area is 168 Å². The van der Waals surface area contributed by atoms with Crippen molar-refractivity contribution in [2.75, 3.05) is 13.1 Å². The van der Waals surface area contributed by atoms with Gasteiger partial charge in [-0.25, -0.2) is 8.78 Å². The minimum Gasteiger partial charge on any atom is -0.365 e. The van der Waals surface area contributed by atoms with E-state index in [0.717, 1.165) is 36.1 Å². The highest BCUT2D eigenvalue weighted by atomic mass is 19.1. The van der Waals surface area contributed by atoms with E-state index < -0.39 is 17.0 Å². The van der Waals surface area contributed by atoms with Crippen LogP contribution < -0.4 is 10.6 Å². The number of nitrogens with zero attached hydrogens (tertiary/aromatic N) is 2. The third-order valence-corrected chi connectivity index (χ3v) is 5.80. The smallest absolute Gasteiger partial charge is 0.179 e. The Bertz CT molecular complexity index is 987. The van der Waals surface area contributed by atoms with E-state index in [-0.39, 0.29) is 6.04 Å². The average Bonchev–Trinajstić information content (AvgIpc) is 3.31. The van der Waals surface area contributed by atoms with Gasteiger partial charge in [0, 0.05) is 30.6 Å². The van der Waals surface area contributed by atoms with Crippen LogP contribution >= 0.6 is 0 Å². The highest BCUT2D eigenvalue weighted by Crippen LogP contribution is 2.36. The maximum Gasteiger partial charge on any atom is 0.179 e. The molecule has 2 aliphatic heterocycles. The van der Waals surface area contributed by atoms with Gasteiger partial charge in [-0.2, -0.15) is 5.26 Å². The van der Waals surface area contributed by atoms with Crippen LogP contribution in [0, 0.1) is 33.9 Å². The van der Waals surface area contributed by atoms with Crippen LogP contribution in [0.15, 0.2) is 53.5 Å². The van der Waals surface area contributed by atoms with Gasteiger partial charge in [-0.3, -0.25) is 0 Å². The van der Waals surface area contributed by atoms with E-state index in [1.165, 1.54) is 12.1 Å². The SMILES string of the molecule is CC1(C(=N)C2=C(NC3CCN(C#N)C3)N2)C=CC(Cc2ccc(F)cc2F)=CC1. The Kier molecular flexibility index (Phi) is 4.87. The number of halogens is 2. The summed E-state index contributed by atoms with van der Waals surface area (Å²) in [6, 6.07) is 3.87. The molecule has 3 N–H and O–H groups in total. The number of allylic oxidation sites excluding steroid dienone is 5. The molecular weight excluding hydrogens is 372 g/mol. The first-order chi connectivity index (χ1) is 13.9. The summed E-state index contributed by atoms with van der Waals surface area (Å²) >= 11 is 0. The van der Waals surface area contributed by atoms with Crippen LogP contribution in [0.4, 0.5) is 8.78 Å². The summed E-state index contributed by atoms with van der Waals surface area (Å²) in [6.45, 7) is 3.46. The molecule has 0 aromatic heterocycles. The molecule has 2 heterocycles. The molecule has 7 heteroatoms. The van der Waals surface area contributed by atoms with Gasteiger partial charge in [0.15, 0.2) is 6.19 Å². The van der Waals surface area contributed by atoms with Gasteiger partial charge in [-0.15, -0.1) is 0 Å². The molecule has 2 atom stereocenters. The Balaban J connectivity index is 1.37. The molecule has 1 fully saturated rings. The zero-order valence-electron chi connectivity index (χ0n) is 16.2. The van der Waals surface area contributed by atoms with Crippen molar-refractivity contribution in [2.45, 2.75) is 32.2 Å². The molecule has 29 heavy (non-hydrogen) atoms. The summed E-state index contributed by atoms with van der Waals surface area (Å²) in [5.74, 6) is -0.240. The molecule has 0 radical (unpaired) electrons. The van der Waals surface area contributed by atoms with Gasteiger partial charge in [0.1, 0.15) is 23.2 Å². The Morgan fingerprint density at radius 3 is 2.93 bits per heavy atom. The minimum absolute atomic E-state index is 0.217. The van der Waals surface area contributed by atoms with Crippen LogP contribution in [0.5, 0.6) is 0 Å². The first kappa shape index (κ1) is 19.2. The fourth-order valence-corrected chi connectivity index (χ4v) is 3.82. The molecule has 150 valence electrons. The van der Waals surface area contributed by atoms with Crippen molar-refractivity contribution in [3.05, 3.63) is 70.7 Å². The Morgan fingerprint density at radius 2 is 2.28 bits per heavy atom. The molecule has 0 saturated carbocycles. The fraction of sp³-hybridized carbons (Fsp3) is 0.364. The quantitative estimate of drug-likeness (QED) is 0.510. The van der Waals surface area contributed by atoms with Gasteiger partial charge in [0.2, 0.25) is 0 Å². The monoisotopic (exact) mass is 395 g/mol. The molecule has 2 unspecified atom stereocenters. The van der Waals surface area contributed by atoms with E-state index >= 15 is 0 Å². The second-order valence-corrected chi connectivity index (χ2v) is 8.07. The molecular formula is C22H23F2N5. The Morgan fingerprint density at radius 1 is 1.45 bits per heavy atom. The maximum absolute atomic E-state index is 13.9. The summed E-state index contributed by atoms with van der Waals surface area (Å²) in [5, 5.41) is 24.1. The van der Waals surface area contributed by atoms with E-state index in [1.807, 2.05) is 25.2 Å². The number of nitrogens with one attached hydrogen (secondary N) is 3. The summed E-state index contributed by atoms with van der Waals surface area (Å²) in [4.78, 5) is 1.73. The molecule has 0 spiro atoms. The zero-order chi connectivity index (χ0) is 20.6. The lowest BCUT2D eigenvalue weighted by Gasteiger charge is -2.27. The maximum atomic E-state index is 13.9. The molecule has 3 aliphatic rings. The van der Waals surface area contributed by atoms with Gasteiger partial charge < -0.3 is 20.9 Å². The van der Waals surface area contributed by atoms with Crippen LogP contribution in [0.2, 0.25) is 0 Å². The van der Waals surface area contributed by atoms with Crippen LogP contribution in [0.1, 0.15) is 25.3 Å². The van der Waals surface area contributed by atoms with Crippen molar-refractivity contribution in [1.82, 2.24) is 15.5 Å². The van der Waals surface area contributed by atoms with Crippen LogP contribution in [-0.4, -0.2) is 29.7 Å². The summed E-state index contributed by atoms with van der Waals surface area (Å²) in [5.41, 5.74) is 2.30. The molecule has 0 amide bonds. The fourth-order valence-electron chi connectivity index (χ4n) is 3.82. The van der Waals surface area contributed by atoms with Crippen LogP contribution in [-0.2, 0) is 6.42 Å². The largest absolute Gasteiger partial charge is 0.365 e. The van der Waals surface area contributed by atoms with E-state index in [1.54, 1.807) is 4.90 Å². The Hall–Kier alpha value is -3.14. The highest BCUT2D eigenvalue weighted by molar-refractivity contribution is 6.06. The van der Waals surface area contributed by atoms with Gasteiger partial charge in [-0.05, 0) is 36.5 Å². The van der Waals surface area contributed by atoms with Gasteiger partial charge in [0.25, 0.3) is 0 Å². The molecule has 1 aromatic carbocycles. The number of hydrogen-bond acceptors (Lipinski definition) is 5. The molecule has 1 aromatic rings. The third-order valence-electron chi connectivity index (χ3n) is 5.80.